The molecule has 1 saturated heterocycles. The minimum absolute atomic E-state index is 0.0830. The van der Waals surface area contributed by atoms with Gasteiger partial charge < -0.3 is 15.5 Å². The summed E-state index contributed by atoms with van der Waals surface area (Å²) < 4.78 is 42.0. The molecule has 3 aliphatic rings. The predicted molar refractivity (Wildman–Crippen MR) is 181 cm³/mol. The molecule has 0 spiro atoms. The molecule has 268 valence electrons. The molecule has 0 radical (unpaired) electrons. The number of Topliss-reactive ketones (excluding diaryl/α,β-unsaturated/α-hetero) is 1. The van der Waals surface area contributed by atoms with Crippen molar-refractivity contribution in [3.05, 3.63) is 52.3 Å². The molecule has 50 heavy (non-hydrogen) atoms. The average molecular weight is 695 g/mol. The SMILES string of the molecule is CC(=O)c1nn2c3c(cc(CCC(C)C)cc13)CCCCCCC(=O)NC[C@@]13C[C@@H](C(=O)Nc4nc(C(F)(F)F)ccc4C)N(C(=O)C2)[C@@H]1C3. The van der Waals surface area contributed by atoms with Gasteiger partial charge in [-0.05, 0) is 86.6 Å². The largest absolute Gasteiger partial charge is 0.433 e. The number of rotatable bonds is 6. The molecule has 6 rings (SSSR count). The van der Waals surface area contributed by atoms with Gasteiger partial charge in [-0.3, -0.25) is 23.9 Å². The molecule has 1 aromatic carbocycles. The number of alkyl halides is 3. The highest BCUT2D eigenvalue weighted by Gasteiger charge is 2.67. The van der Waals surface area contributed by atoms with E-state index in [1.165, 1.54) is 17.9 Å². The lowest BCUT2D eigenvalue weighted by molar-refractivity contribution is -0.141. The number of carbonyl (C=O) groups is 4. The number of carbonyl (C=O) groups excluding carboxylic acids is 4. The first kappa shape index (κ1) is 35.5. The quantitative estimate of drug-likeness (QED) is 0.298. The molecule has 4 heterocycles. The number of benzene rings is 1. The normalized spacial score (nSPS) is 23.1. The van der Waals surface area contributed by atoms with Crippen LogP contribution in [0.1, 0.15) is 105 Å². The third kappa shape index (κ3) is 7.27. The van der Waals surface area contributed by atoms with E-state index in [1.54, 1.807) is 11.6 Å². The van der Waals surface area contributed by atoms with E-state index in [4.69, 9.17) is 0 Å². The fraction of sp³-hybridized carbons (Fsp3) is 0.568. The summed E-state index contributed by atoms with van der Waals surface area (Å²) in [7, 11) is 0. The molecule has 10 nitrogen and oxygen atoms in total. The number of amides is 3. The van der Waals surface area contributed by atoms with Gasteiger partial charge in [-0.1, -0.05) is 38.8 Å². The Balaban J connectivity index is 1.38. The van der Waals surface area contributed by atoms with Gasteiger partial charge in [0, 0.05) is 36.7 Å². The van der Waals surface area contributed by atoms with E-state index in [-0.39, 0.29) is 43.1 Å². The third-order valence-electron chi connectivity index (χ3n) is 10.5. The average Bonchev–Trinajstić information content (AvgIpc) is 3.46. The van der Waals surface area contributed by atoms with Gasteiger partial charge in [0.15, 0.2) is 5.78 Å². The van der Waals surface area contributed by atoms with Crippen LogP contribution in [0.4, 0.5) is 19.0 Å². The van der Waals surface area contributed by atoms with Gasteiger partial charge in [0.1, 0.15) is 29.8 Å². The lowest BCUT2D eigenvalue weighted by Crippen LogP contribution is -2.47. The number of halogens is 3. The molecule has 0 unspecified atom stereocenters. The fourth-order valence-corrected chi connectivity index (χ4v) is 7.64. The number of hydrogen-bond donors (Lipinski definition) is 2. The monoisotopic (exact) mass is 694 g/mol. The topological polar surface area (TPSA) is 126 Å². The van der Waals surface area contributed by atoms with Crippen LogP contribution < -0.4 is 10.6 Å². The van der Waals surface area contributed by atoms with Gasteiger partial charge in [0.25, 0.3) is 0 Å². The Bertz CT molecular complexity index is 1840. The first-order valence-corrected chi connectivity index (χ1v) is 17.6. The minimum atomic E-state index is -4.70. The van der Waals surface area contributed by atoms with E-state index in [2.05, 4.69) is 40.6 Å². The zero-order valence-electron chi connectivity index (χ0n) is 29.1. The summed E-state index contributed by atoms with van der Waals surface area (Å²) in [6.07, 6.45) is 2.41. The van der Waals surface area contributed by atoms with Crippen molar-refractivity contribution in [3.8, 4) is 0 Å². The van der Waals surface area contributed by atoms with Crippen LogP contribution in [0.25, 0.3) is 10.9 Å². The van der Waals surface area contributed by atoms with Crippen molar-refractivity contribution in [1.82, 2.24) is 25.0 Å². The van der Waals surface area contributed by atoms with Crippen LogP contribution in [0.2, 0.25) is 0 Å². The van der Waals surface area contributed by atoms with Crippen LogP contribution in [-0.2, 0) is 39.9 Å². The summed E-state index contributed by atoms with van der Waals surface area (Å²) >= 11 is 0. The molecule has 3 atom stereocenters. The van der Waals surface area contributed by atoms with Gasteiger partial charge >= 0.3 is 6.18 Å². The summed E-state index contributed by atoms with van der Waals surface area (Å²) in [4.78, 5) is 59.1. The number of aromatic nitrogens is 3. The van der Waals surface area contributed by atoms with Gasteiger partial charge in [-0.15, -0.1) is 0 Å². The molecule has 1 aliphatic carbocycles. The predicted octanol–water partition coefficient (Wildman–Crippen LogP) is 6.17. The number of anilines is 1. The van der Waals surface area contributed by atoms with Crippen LogP contribution in [0.5, 0.6) is 0 Å². The van der Waals surface area contributed by atoms with Crippen molar-refractivity contribution in [2.75, 3.05) is 11.9 Å². The highest BCUT2D eigenvalue weighted by atomic mass is 19.4. The Labute approximate surface area is 289 Å². The van der Waals surface area contributed by atoms with Crippen LogP contribution in [0.3, 0.4) is 0 Å². The summed E-state index contributed by atoms with van der Waals surface area (Å²) in [6.45, 7) is 7.40. The lowest BCUT2D eigenvalue weighted by Gasteiger charge is -2.27. The molecule has 2 fully saturated rings. The second kappa shape index (κ2) is 13.8. The van der Waals surface area contributed by atoms with Gasteiger partial charge in [0.05, 0.1) is 5.52 Å². The molecular formula is C37H45F3N6O4. The van der Waals surface area contributed by atoms with Gasteiger partial charge in [-0.25, -0.2) is 4.98 Å². The zero-order chi connectivity index (χ0) is 36.0. The second-order valence-corrected chi connectivity index (χ2v) is 14.8. The second-order valence-electron chi connectivity index (χ2n) is 14.8. The van der Waals surface area contributed by atoms with E-state index >= 15 is 0 Å². The number of hydrogen-bond acceptors (Lipinski definition) is 6. The Morgan fingerprint density at radius 3 is 2.52 bits per heavy atom. The van der Waals surface area contributed by atoms with E-state index in [9.17, 15) is 32.3 Å². The molecule has 3 aromatic rings. The summed E-state index contributed by atoms with van der Waals surface area (Å²) in [5, 5.41) is 11.0. The van der Waals surface area contributed by atoms with Crippen molar-refractivity contribution < 1.29 is 32.3 Å². The minimum Gasteiger partial charge on any atom is -0.355 e. The molecule has 2 N–H and O–H groups in total. The summed E-state index contributed by atoms with van der Waals surface area (Å²) in [5.41, 5.74) is 1.79. The first-order valence-electron chi connectivity index (χ1n) is 17.6. The molecule has 2 aliphatic heterocycles. The van der Waals surface area contributed by atoms with Crippen LogP contribution in [0.15, 0.2) is 24.3 Å². The van der Waals surface area contributed by atoms with E-state index in [0.29, 0.717) is 41.8 Å². The van der Waals surface area contributed by atoms with Gasteiger partial charge in [-0.2, -0.15) is 18.3 Å². The van der Waals surface area contributed by atoms with Crippen molar-refractivity contribution in [1.29, 1.82) is 0 Å². The van der Waals surface area contributed by atoms with Crippen LogP contribution in [0, 0.1) is 18.3 Å². The Hall–Kier alpha value is -4.29. The number of nitrogens with zero attached hydrogens (tertiary/aromatic N) is 4. The van der Waals surface area contributed by atoms with Gasteiger partial charge in [0.2, 0.25) is 17.7 Å². The van der Waals surface area contributed by atoms with Crippen LogP contribution in [-0.4, -0.2) is 61.8 Å². The smallest absolute Gasteiger partial charge is 0.355 e. The Morgan fingerprint density at radius 2 is 1.82 bits per heavy atom. The summed E-state index contributed by atoms with van der Waals surface area (Å²) in [6, 6.07) is 4.90. The molecule has 2 bridgehead atoms. The fourth-order valence-electron chi connectivity index (χ4n) is 7.64. The third-order valence-corrected chi connectivity index (χ3v) is 10.5. The van der Waals surface area contributed by atoms with Crippen molar-refractivity contribution in [3.63, 3.8) is 0 Å². The first-order chi connectivity index (χ1) is 23.7. The number of aryl methyl sites for hydroxylation is 3. The molecule has 3 amide bonds. The van der Waals surface area contributed by atoms with Crippen molar-refractivity contribution in [2.45, 2.75) is 117 Å². The lowest BCUT2D eigenvalue weighted by atomic mass is 9.95. The number of ketones is 1. The number of piperidine rings is 1. The Kier molecular flexibility index (Phi) is 9.80. The highest BCUT2D eigenvalue weighted by Crippen LogP contribution is 2.59. The van der Waals surface area contributed by atoms with Crippen molar-refractivity contribution >= 4 is 40.2 Å². The maximum absolute atomic E-state index is 14.4. The molecular weight excluding hydrogens is 649 g/mol. The standard InChI is InChI=1S/C37H45F3N6O4/c1-21(2)11-13-24-15-25-9-7-5-6-8-10-30(48)41-20-36-17-27(35(50)43-34-22(3)12-14-28(42-34)37(38,39)40)46(29(36)18-36)31(49)19-45-33(25)26(16-24)32(44-45)23(4)47/h12,14-16,21,27,29H,5-11,13,17-20H2,1-4H3,(H,41,48)(H,42,43,50)/t27-,29+,36-/m0/s1. The summed E-state index contributed by atoms with van der Waals surface area (Å²) in [5.74, 6) is -1.07. The maximum Gasteiger partial charge on any atom is 0.433 e. The zero-order valence-corrected chi connectivity index (χ0v) is 29.1. The van der Waals surface area contributed by atoms with E-state index < -0.39 is 35.1 Å². The highest BCUT2D eigenvalue weighted by molar-refractivity contribution is 6.06. The number of nitrogens with one attached hydrogen (secondary N) is 2. The molecule has 2 aromatic heterocycles. The Morgan fingerprint density at radius 1 is 1.08 bits per heavy atom. The molecule has 13 heteroatoms. The molecule has 1 saturated carbocycles. The van der Waals surface area contributed by atoms with E-state index in [0.717, 1.165) is 61.2 Å². The maximum atomic E-state index is 14.4. The van der Waals surface area contributed by atoms with Crippen LogP contribution >= 0.6 is 0 Å². The number of pyridine rings is 1. The van der Waals surface area contributed by atoms with Crippen molar-refractivity contribution in [2.24, 2.45) is 11.3 Å². The van der Waals surface area contributed by atoms with E-state index in [1.807, 2.05) is 6.07 Å².